The van der Waals surface area contributed by atoms with Crippen LogP contribution in [0.4, 0.5) is 10.2 Å². The average Bonchev–Trinajstić information content (AvgIpc) is 2.24. The van der Waals surface area contributed by atoms with Gasteiger partial charge in [-0.3, -0.25) is 0 Å². The van der Waals surface area contributed by atoms with E-state index in [-0.39, 0.29) is 17.9 Å². The molecular formula is C12H17FN2O3. The molecule has 0 saturated heterocycles. The SMILES string of the molecule is CCN(CC(C)(C)O)c1ncc(F)cc1C(=O)O. The molecule has 6 heteroatoms. The summed E-state index contributed by atoms with van der Waals surface area (Å²) in [5.41, 5.74) is -1.21. The van der Waals surface area contributed by atoms with Crippen molar-refractivity contribution in [3.05, 3.63) is 23.6 Å². The van der Waals surface area contributed by atoms with Crippen LogP contribution in [0, 0.1) is 5.82 Å². The molecule has 100 valence electrons. The zero-order valence-electron chi connectivity index (χ0n) is 10.6. The second kappa shape index (κ2) is 5.30. The second-order valence-electron chi connectivity index (χ2n) is 4.66. The van der Waals surface area contributed by atoms with E-state index in [9.17, 15) is 14.3 Å². The van der Waals surface area contributed by atoms with Crippen molar-refractivity contribution in [2.24, 2.45) is 0 Å². The van der Waals surface area contributed by atoms with Crippen molar-refractivity contribution in [2.45, 2.75) is 26.4 Å². The molecule has 0 unspecified atom stereocenters. The summed E-state index contributed by atoms with van der Waals surface area (Å²) in [6, 6.07) is 0.928. The predicted molar refractivity (Wildman–Crippen MR) is 65.3 cm³/mol. The maximum atomic E-state index is 13.0. The largest absolute Gasteiger partial charge is 0.478 e. The van der Waals surface area contributed by atoms with Gasteiger partial charge in [-0.1, -0.05) is 0 Å². The van der Waals surface area contributed by atoms with Gasteiger partial charge in [0.25, 0.3) is 0 Å². The third-order valence-electron chi connectivity index (χ3n) is 2.32. The van der Waals surface area contributed by atoms with Crippen LogP contribution in [0.2, 0.25) is 0 Å². The van der Waals surface area contributed by atoms with Crippen molar-refractivity contribution < 1.29 is 19.4 Å². The van der Waals surface area contributed by atoms with Crippen LogP contribution in [0.25, 0.3) is 0 Å². The lowest BCUT2D eigenvalue weighted by atomic mass is 10.1. The Labute approximate surface area is 105 Å². The van der Waals surface area contributed by atoms with E-state index in [0.29, 0.717) is 6.54 Å². The Morgan fingerprint density at radius 3 is 2.61 bits per heavy atom. The number of pyridine rings is 1. The number of hydrogen-bond donors (Lipinski definition) is 2. The van der Waals surface area contributed by atoms with Gasteiger partial charge in [0, 0.05) is 13.1 Å². The van der Waals surface area contributed by atoms with E-state index < -0.39 is 17.4 Å². The number of aliphatic hydroxyl groups is 1. The average molecular weight is 256 g/mol. The molecule has 0 aliphatic carbocycles. The summed E-state index contributed by atoms with van der Waals surface area (Å²) >= 11 is 0. The number of aromatic carboxylic acids is 1. The van der Waals surface area contributed by atoms with Crippen molar-refractivity contribution in [1.82, 2.24) is 4.98 Å². The first-order valence-corrected chi connectivity index (χ1v) is 5.60. The fraction of sp³-hybridized carbons (Fsp3) is 0.500. The maximum absolute atomic E-state index is 13.0. The zero-order valence-corrected chi connectivity index (χ0v) is 10.6. The zero-order chi connectivity index (χ0) is 13.9. The fourth-order valence-electron chi connectivity index (χ4n) is 1.64. The number of nitrogens with zero attached hydrogens (tertiary/aromatic N) is 2. The van der Waals surface area contributed by atoms with Crippen LogP contribution >= 0.6 is 0 Å². The number of hydrogen-bond acceptors (Lipinski definition) is 4. The van der Waals surface area contributed by atoms with Gasteiger partial charge in [0.2, 0.25) is 0 Å². The molecule has 0 saturated carbocycles. The highest BCUT2D eigenvalue weighted by molar-refractivity contribution is 5.93. The quantitative estimate of drug-likeness (QED) is 0.835. The Kier molecular flexibility index (Phi) is 4.24. The minimum Gasteiger partial charge on any atom is -0.478 e. The number of carboxylic acids is 1. The van der Waals surface area contributed by atoms with Gasteiger partial charge in [-0.05, 0) is 26.8 Å². The number of halogens is 1. The van der Waals surface area contributed by atoms with Crippen molar-refractivity contribution in [3.8, 4) is 0 Å². The van der Waals surface area contributed by atoms with E-state index in [1.54, 1.807) is 18.7 Å². The fourth-order valence-corrected chi connectivity index (χ4v) is 1.64. The highest BCUT2D eigenvalue weighted by Crippen LogP contribution is 2.20. The van der Waals surface area contributed by atoms with Gasteiger partial charge < -0.3 is 15.1 Å². The highest BCUT2D eigenvalue weighted by Gasteiger charge is 2.23. The minimum atomic E-state index is -1.24. The normalized spacial score (nSPS) is 11.4. The van der Waals surface area contributed by atoms with Crippen LogP contribution in [-0.2, 0) is 0 Å². The third-order valence-corrected chi connectivity index (χ3v) is 2.32. The van der Waals surface area contributed by atoms with E-state index >= 15 is 0 Å². The maximum Gasteiger partial charge on any atom is 0.339 e. The first-order valence-electron chi connectivity index (χ1n) is 5.60. The highest BCUT2D eigenvalue weighted by atomic mass is 19.1. The number of aromatic nitrogens is 1. The second-order valence-corrected chi connectivity index (χ2v) is 4.66. The summed E-state index contributed by atoms with van der Waals surface area (Å²) in [5.74, 6) is -1.78. The van der Waals surface area contributed by atoms with E-state index in [1.807, 2.05) is 6.92 Å². The molecule has 0 radical (unpaired) electrons. The summed E-state index contributed by atoms with van der Waals surface area (Å²) in [4.78, 5) is 16.5. The molecule has 0 fully saturated rings. The van der Waals surface area contributed by atoms with Gasteiger partial charge in [0.05, 0.1) is 11.8 Å². The van der Waals surface area contributed by atoms with Crippen LogP contribution < -0.4 is 4.90 Å². The van der Waals surface area contributed by atoms with Crippen molar-refractivity contribution in [2.75, 3.05) is 18.0 Å². The predicted octanol–water partition coefficient (Wildman–Crippen LogP) is 1.52. The number of carboxylic acid groups (broad SMARTS) is 1. The summed E-state index contributed by atoms with van der Waals surface area (Å²) in [7, 11) is 0. The Morgan fingerprint density at radius 2 is 2.17 bits per heavy atom. The summed E-state index contributed by atoms with van der Waals surface area (Å²) < 4.78 is 13.0. The molecule has 0 aromatic carbocycles. The lowest BCUT2D eigenvalue weighted by Gasteiger charge is -2.29. The molecule has 1 heterocycles. The number of rotatable bonds is 5. The van der Waals surface area contributed by atoms with E-state index in [1.165, 1.54) is 0 Å². The first kappa shape index (κ1) is 14.4. The molecule has 0 atom stereocenters. The van der Waals surface area contributed by atoms with Crippen LogP contribution in [0.5, 0.6) is 0 Å². The van der Waals surface area contributed by atoms with E-state index in [2.05, 4.69) is 4.98 Å². The summed E-state index contributed by atoms with van der Waals surface area (Å²) in [5, 5.41) is 18.8. The number of anilines is 1. The van der Waals surface area contributed by atoms with Gasteiger partial charge in [-0.2, -0.15) is 0 Å². The molecule has 2 N–H and O–H groups in total. The molecule has 0 amide bonds. The first-order chi connectivity index (χ1) is 8.24. The van der Waals surface area contributed by atoms with Crippen LogP contribution in [0.15, 0.2) is 12.3 Å². The molecule has 0 spiro atoms. The molecule has 18 heavy (non-hydrogen) atoms. The van der Waals surface area contributed by atoms with E-state index in [0.717, 1.165) is 12.3 Å². The van der Waals surface area contributed by atoms with E-state index in [4.69, 9.17) is 5.11 Å². The van der Waals surface area contributed by atoms with Crippen LogP contribution in [0.3, 0.4) is 0 Å². The number of likely N-dealkylation sites (N-methyl/N-ethyl adjacent to an activating group) is 1. The molecular weight excluding hydrogens is 239 g/mol. The topological polar surface area (TPSA) is 73.7 Å². The van der Waals surface area contributed by atoms with Crippen LogP contribution in [0.1, 0.15) is 31.1 Å². The summed E-state index contributed by atoms with van der Waals surface area (Å²) in [6.45, 7) is 5.70. The van der Waals surface area contributed by atoms with Crippen molar-refractivity contribution >= 4 is 11.8 Å². The smallest absolute Gasteiger partial charge is 0.339 e. The molecule has 1 aromatic rings. The van der Waals surface area contributed by atoms with Gasteiger partial charge >= 0.3 is 5.97 Å². The third kappa shape index (κ3) is 3.66. The van der Waals surface area contributed by atoms with Gasteiger partial charge in [-0.25, -0.2) is 14.2 Å². The van der Waals surface area contributed by atoms with Gasteiger partial charge in [-0.15, -0.1) is 0 Å². The molecule has 0 bridgehead atoms. The monoisotopic (exact) mass is 256 g/mol. The molecule has 1 rings (SSSR count). The molecule has 1 aromatic heterocycles. The number of carbonyl (C=O) groups is 1. The van der Waals surface area contributed by atoms with Crippen molar-refractivity contribution in [1.29, 1.82) is 0 Å². The lowest BCUT2D eigenvalue weighted by molar-refractivity contribution is 0.0692. The Morgan fingerprint density at radius 1 is 1.56 bits per heavy atom. The molecule has 5 nitrogen and oxygen atoms in total. The molecule has 0 aliphatic rings. The molecule has 0 aliphatic heterocycles. The minimum absolute atomic E-state index is 0.161. The summed E-state index contributed by atoms with van der Waals surface area (Å²) in [6.07, 6.45) is 0.967. The Hall–Kier alpha value is -1.69. The standard InChI is InChI=1S/C12H17FN2O3/c1-4-15(7-12(2,3)18)10-9(11(16)17)5-8(13)6-14-10/h5-6,18H,4,7H2,1-3H3,(H,16,17). The van der Waals surface area contributed by atoms with Gasteiger partial charge in [0.15, 0.2) is 0 Å². The lowest BCUT2D eigenvalue weighted by Crippen LogP contribution is -2.39. The van der Waals surface area contributed by atoms with Crippen LogP contribution in [-0.4, -0.2) is 39.9 Å². The Bertz CT molecular complexity index is 443. The van der Waals surface area contributed by atoms with Crippen molar-refractivity contribution in [3.63, 3.8) is 0 Å². The van der Waals surface area contributed by atoms with Gasteiger partial charge in [0.1, 0.15) is 17.2 Å². The Balaban J connectivity index is 3.17.